The van der Waals surface area contributed by atoms with Gasteiger partial charge < -0.3 is 10.0 Å². The van der Waals surface area contributed by atoms with Gasteiger partial charge in [-0.3, -0.25) is 4.79 Å². The quantitative estimate of drug-likeness (QED) is 0.852. The van der Waals surface area contributed by atoms with Crippen LogP contribution in [0.15, 0.2) is 24.3 Å². The molecule has 3 heteroatoms. The van der Waals surface area contributed by atoms with Crippen molar-refractivity contribution in [2.45, 2.75) is 39.7 Å². The summed E-state index contributed by atoms with van der Waals surface area (Å²) in [5.74, 6) is 0.268. The van der Waals surface area contributed by atoms with Gasteiger partial charge in [-0.05, 0) is 26.3 Å². The Morgan fingerprint density at radius 3 is 2.53 bits per heavy atom. The number of benzene rings is 1. The number of likely N-dealkylation sites (N-methyl/N-ethyl adjacent to an activating group) is 1. The molecule has 0 aliphatic heterocycles. The van der Waals surface area contributed by atoms with Crippen molar-refractivity contribution < 1.29 is 9.90 Å². The molecule has 1 atom stereocenters. The van der Waals surface area contributed by atoms with Crippen molar-refractivity contribution in [3.63, 3.8) is 0 Å². The number of aromatic hydroxyl groups is 1. The van der Waals surface area contributed by atoms with Crippen LogP contribution in [0.4, 0.5) is 0 Å². The lowest BCUT2D eigenvalue weighted by Gasteiger charge is -2.27. The topological polar surface area (TPSA) is 40.5 Å². The van der Waals surface area contributed by atoms with Gasteiger partial charge in [0.15, 0.2) is 0 Å². The van der Waals surface area contributed by atoms with Crippen molar-refractivity contribution in [3.05, 3.63) is 29.8 Å². The van der Waals surface area contributed by atoms with Crippen molar-refractivity contribution in [3.8, 4) is 5.75 Å². The van der Waals surface area contributed by atoms with E-state index < -0.39 is 0 Å². The zero-order valence-electron chi connectivity index (χ0n) is 10.8. The van der Waals surface area contributed by atoms with Crippen LogP contribution in [0.3, 0.4) is 0 Å². The molecule has 1 N–H and O–H groups in total. The monoisotopic (exact) mass is 235 g/mol. The smallest absolute Gasteiger partial charge is 0.227 e. The second-order valence-corrected chi connectivity index (χ2v) is 4.24. The minimum Gasteiger partial charge on any atom is -0.508 e. The molecule has 94 valence electrons. The number of rotatable bonds is 5. The molecule has 0 fully saturated rings. The number of nitrogens with zero attached hydrogens (tertiary/aromatic N) is 1. The molecule has 0 aromatic heterocycles. The number of amides is 1. The lowest BCUT2D eigenvalue weighted by molar-refractivity contribution is -0.132. The van der Waals surface area contributed by atoms with Crippen molar-refractivity contribution >= 4 is 5.91 Å². The van der Waals surface area contributed by atoms with Crippen LogP contribution in [0.2, 0.25) is 0 Å². The Labute approximate surface area is 103 Å². The summed E-state index contributed by atoms with van der Waals surface area (Å²) in [5.41, 5.74) is 0.694. The second kappa shape index (κ2) is 6.28. The summed E-state index contributed by atoms with van der Waals surface area (Å²) < 4.78 is 0. The maximum atomic E-state index is 12.1. The van der Waals surface area contributed by atoms with Gasteiger partial charge in [-0.15, -0.1) is 0 Å². The molecule has 1 amide bonds. The normalized spacial score (nSPS) is 12.2. The zero-order valence-corrected chi connectivity index (χ0v) is 10.8. The van der Waals surface area contributed by atoms with E-state index in [0.717, 1.165) is 6.42 Å². The number of carbonyl (C=O) groups is 1. The van der Waals surface area contributed by atoms with Crippen molar-refractivity contribution in [2.24, 2.45) is 0 Å². The molecule has 0 radical (unpaired) electrons. The highest BCUT2D eigenvalue weighted by Crippen LogP contribution is 2.17. The third kappa shape index (κ3) is 3.48. The van der Waals surface area contributed by atoms with Crippen LogP contribution in [0.1, 0.15) is 32.8 Å². The molecule has 0 saturated heterocycles. The van der Waals surface area contributed by atoms with Crippen LogP contribution in [-0.4, -0.2) is 28.5 Å². The lowest BCUT2D eigenvalue weighted by Crippen LogP contribution is -2.39. The second-order valence-electron chi connectivity index (χ2n) is 4.24. The third-order valence-electron chi connectivity index (χ3n) is 3.12. The van der Waals surface area contributed by atoms with Gasteiger partial charge in [-0.2, -0.15) is 0 Å². The van der Waals surface area contributed by atoms with Gasteiger partial charge in [0.25, 0.3) is 0 Å². The van der Waals surface area contributed by atoms with E-state index in [1.807, 2.05) is 24.8 Å². The SMILES string of the molecule is CCC(C)N(CC)C(=O)Cc1ccccc1O. The summed E-state index contributed by atoms with van der Waals surface area (Å²) in [6, 6.07) is 7.25. The van der Waals surface area contributed by atoms with Crippen molar-refractivity contribution in [1.29, 1.82) is 0 Å². The standard InChI is InChI=1S/C14H21NO2/c1-4-11(3)15(5-2)14(17)10-12-8-6-7-9-13(12)16/h6-9,11,16H,4-5,10H2,1-3H3. The minimum absolute atomic E-state index is 0.0725. The van der Waals surface area contributed by atoms with Gasteiger partial charge >= 0.3 is 0 Å². The van der Waals surface area contributed by atoms with Crippen LogP contribution >= 0.6 is 0 Å². The molecule has 1 aromatic rings. The maximum Gasteiger partial charge on any atom is 0.227 e. The molecule has 0 heterocycles. The summed E-state index contributed by atoms with van der Waals surface area (Å²) in [6.07, 6.45) is 1.21. The van der Waals surface area contributed by atoms with E-state index in [9.17, 15) is 9.90 Å². The zero-order chi connectivity index (χ0) is 12.8. The first kappa shape index (κ1) is 13.6. The van der Waals surface area contributed by atoms with E-state index in [1.54, 1.807) is 18.2 Å². The van der Waals surface area contributed by atoms with E-state index in [4.69, 9.17) is 0 Å². The maximum absolute atomic E-state index is 12.1. The summed E-state index contributed by atoms with van der Waals surface area (Å²) in [5, 5.41) is 9.64. The first-order chi connectivity index (χ1) is 8.10. The number of carbonyl (C=O) groups excluding carboxylic acids is 1. The Hall–Kier alpha value is -1.51. The van der Waals surface area contributed by atoms with Crippen LogP contribution < -0.4 is 0 Å². The first-order valence-electron chi connectivity index (χ1n) is 6.16. The molecule has 0 saturated carbocycles. The molecular weight excluding hydrogens is 214 g/mol. The summed E-state index contributed by atoms with van der Waals surface area (Å²) in [7, 11) is 0. The molecular formula is C14H21NO2. The predicted octanol–water partition coefficient (Wildman–Crippen LogP) is 2.58. The van der Waals surface area contributed by atoms with E-state index in [0.29, 0.717) is 12.1 Å². The fraction of sp³-hybridized carbons (Fsp3) is 0.500. The van der Waals surface area contributed by atoms with Crippen molar-refractivity contribution in [2.75, 3.05) is 6.54 Å². The van der Waals surface area contributed by atoms with E-state index in [2.05, 4.69) is 6.92 Å². The fourth-order valence-corrected chi connectivity index (χ4v) is 1.88. The highest BCUT2D eigenvalue weighted by atomic mass is 16.3. The first-order valence-corrected chi connectivity index (χ1v) is 6.16. The van der Waals surface area contributed by atoms with E-state index in [-0.39, 0.29) is 24.1 Å². The molecule has 0 aliphatic carbocycles. The highest BCUT2D eigenvalue weighted by Gasteiger charge is 2.18. The Morgan fingerprint density at radius 1 is 1.35 bits per heavy atom. The number of hydrogen-bond acceptors (Lipinski definition) is 2. The number of phenolic OH excluding ortho intramolecular Hbond substituents is 1. The van der Waals surface area contributed by atoms with Gasteiger partial charge in [-0.25, -0.2) is 0 Å². The van der Waals surface area contributed by atoms with Crippen LogP contribution in [0, 0.1) is 0 Å². The van der Waals surface area contributed by atoms with E-state index >= 15 is 0 Å². The van der Waals surface area contributed by atoms with E-state index in [1.165, 1.54) is 0 Å². The third-order valence-corrected chi connectivity index (χ3v) is 3.12. The Bertz CT molecular complexity index is 376. The van der Waals surface area contributed by atoms with Crippen LogP contribution in [0.5, 0.6) is 5.75 Å². The molecule has 1 unspecified atom stereocenters. The minimum atomic E-state index is 0.0725. The fourth-order valence-electron chi connectivity index (χ4n) is 1.88. The molecule has 0 spiro atoms. The van der Waals surface area contributed by atoms with Crippen LogP contribution in [-0.2, 0) is 11.2 Å². The average molecular weight is 235 g/mol. The number of phenols is 1. The van der Waals surface area contributed by atoms with Gasteiger partial charge in [0.2, 0.25) is 5.91 Å². The molecule has 1 aromatic carbocycles. The molecule has 1 rings (SSSR count). The largest absolute Gasteiger partial charge is 0.508 e. The lowest BCUT2D eigenvalue weighted by atomic mass is 10.1. The number of hydrogen-bond donors (Lipinski definition) is 1. The summed E-state index contributed by atoms with van der Waals surface area (Å²) >= 11 is 0. The molecule has 3 nitrogen and oxygen atoms in total. The Kier molecular flexibility index (Phi) is 5.01. The molecule has 0 bridgehead atoms. The Balaban J connectivity index is 2.74. The molecule has 17 heavy (non-hydrogen) atoms. The molecule has 0 aliphatic rings. The van der Waals surface area contributed by atoms with Gasteiger partial charge in [-0.1, -0.05) is 25.1 Å². The summed E-state index contributed by atoms with van der Waals surface area (Å²) in [4.78, 5) is 14.0. The van der Waals surface area contributed by atoms with Crippen LogP contribution in [0.25, 0.3) is 0 Å². The van der Waals surface area contributed by atoms with Gasteiger partial charge in [0.1, 0.15) is 5.75 Å². The average Bonchev–Trinajstić information content (AvgIpc) is 2.32. The number of para-hydroxylation sites is 1. The van der Waals surface area contributed by atoms with Crippen molar-refractivity contribution in [1.82, 2.24) is 4.90 Å². The van der Waals surface area contributed by atoms with Gasteiger partial charge in [0, 0.05) is 18.2 Å². The van der Waals surface area contributed by atoms with Gasteiger partial charge in [0.05, 0.1) is 6.42 Å². The Morgan fingerprint density at radius 2 is 2.00 bits per heavy atom. The predicted molar refractivity (Wildman–Crippen MR) is 69.0 cm³/mol. The highest BCUT2D eigenvalue weighted by molar-refractivity contribution is 5.79. The summed E-state index contributed by atoms with van der Waals surface area (Å²) in [6.45, 7) is 6.81.